The quantitative estimate of drug-likeness (QED) is 0.617. The fourth-order valence-corrected chi connectivity index (χ4v) is 3.83. The van der Waals surface area contributed by atoms with E-state index in [9.17, 15) is 4.79 Å². The van der Waals surface area contributed by atoms with E-state index < -0.39 is 0 Å². The maximum atomic E-state index is 12.6. The topological polar surface area (TPSA) is 77.7 Å². The Kier molecular flexibility index (Phi) is 3.27. The van der Waals surface area contributed by atoms with Crippen molar-refractivity contribution in [3.05, 3.63) is 47.3 Å². The molecule has 132 valence electrons. The first-order valence-corrected chi connectivity index (χ1v) is 8.69. The number of hydrogen-bond donors (Lipinski definition) is 1. The molecule has 1 fully saturated rings. The Morgan fingerprint density at radius 1 is 1.23 bits per heavy atom. The van der Waals surface area contributed by atoms with Crippen LogP contribution in [0.5, 0.6) is 0 Å². The number of aromatic amines is 1. The predicted octanol–water partition coefficient (Wildman–Crippen LogP) is 2.63. The normalized spacial score (nSPS) is 19.9. The van der Waals surface area contributed by atoms with Crippen LogP contribution in [0.3, 0.4) is 0 Å². The van der Waals surface area contributed by atoms with Crippen molar-refractivity contribution in [2.45, 2.75) is 25.0 Å². The van der Waals surface area contributed by atoms with Gasteiger partial charge in [0.15, 0.2) is 5.65 Å². The molecule has 4 aromatic rings. The van der Waals surface area contributed by atoms with Gasteiger partial charge >= 0.3 is 5.69 Å². The first kappa shape index (κ1) is 15.3. The molecule has 7 nitrogen and oxygen atoms in total. The summed E-state index contributed by atoms with van der Waals surface area (Å²) >= 11 is 0. The maximum Gasteiger partial charge on any atom is 0.327 e. The zero-order valence-corrected chi connectivity index (χ0v) is 14.6. The number of aromatic nitrogens is 5. The van der Waals surface area contributed by atoms with E-state index in [4.69, 9.17) is 4.74 Å². The van der Waals surface area contributed by atoms with Crippen LogP contribution >= 0.6 is 0 Å². The number of nitrogens with zero attached hydrogens (tertiary/aromatic N) is 4. The second-order valence-electron chi connectivity index (χ2n) is 6.94. The summed E-state index contributed by atoms with van der Waals surface area (Å²) in [6.45, 7) is 0. The van der Waals surface area contributed by atoms with Gasteiger partial charge in [-0.1, -0.05) is 12.1 Å². The summed E-state index contributed by atoms with van der Waals surface area (Å²) in [5.41, 5.74) is 3.52. The summed E-state index contributed by atoms with van der Waals surface area (Å²) in [7, 11) is 3.62. The van der Waals surface area contributed by atoms with E-state index in [-0.39, 0.29) is 17.8 Å². The van der Waals surface area contributed by atoms with Gasteiger partial charge in [0.05, 0.1) is 17.8 Å². The molecule has 0 saturated heterocycles. The van der Waals surface area contributed by atoms with Crippen LogP contribution in [-0.4, -0.2) is 37.5 Å². The minimum atomic E-state index is -0.105. The number of hydrogen-bond acceptors (Lipinski definition) is 4. The standard InChI is InChI=1S/C19H19N5O2/c1-23-10-13(9-21-23)11-3-4-12-8-20-18-17(16(12)5-11)24(19(25)22-18)14-6-15(7-14)26-2/h3-5,8-10,14-15H,6-7H2,1-2H3,(H,20,22,25). The summed E-state index contributed by atoms with van der Waals surface area (Å²) in [5.74, 6) is 0. The van der Waals surface area contributed by atoms with Gasteiger partial charge in [0, 0.05) is 48.9 Å². The Hall–Kier alpha value is -2.93. The number of aryl methyl sites for hydroxylation is 1. The van der Waals surface area contributed by atoms with Crippen LogP contribution in [0.4, 0.5) is 0 Å². The molecule has 5 rings (SSSR count). The van der Waals surface area contributed by atoms with Crippen molar-refractivity contribution >= 4 is 21.9 Å². The summed E-state index contributed by atoms with van der Waals surface area (Å²) in [5, 5.41) is 6.29. The summed E-state index contributed by atoms with van der Waals surface area (Å²) in [6.07, 6.45) is 7.57. The molecule has 0 aliphatic heterocycles. The van der Waals surface area contributed by atoms with Crippen LogP contribution in [0.2, 0.25) is 0 Å². The van der Waals surface area contributed by atoms with Crippen molar-refractivity contribution in [1.29, 1.82) is 0 Å². The van der Waals surface area contributed by atoms with Gasteiger partial charge in [-0.05, 0) is 24.5 Å². The molecule has 1 aliphatic carbocycles. The molecule has 0 radical (unpaired) electrons. The number of benzene rings is 1. The molecule has 1 aromatic carbocycles. The summed E-state index contributed by atoms with van der Waals surface area (Å²) in [6, 6.07) is 6.37. The van der Waals surface area contributed by atoms with Crippen molar-refractivity contribution in [1.82, 2.24) is 24.3 Å². The van der Waals surface area contributed by atoms with Crippen molar-refractivity contribution in [3.8, 4) is 11.1 Å². The van der Waals surface area contributed by atoms with E-state index in [1.807, 2.05) is 36.3 Å². The molecule has 26 heavy (non-hydrogen) atoms. The largest absolute Gasteiger partial charge is 0.381 e. The highest BCUT2D eigenvalue weighted by Gasteiger charge is 2.33. The predicted molar refractivity (Wildman–Crippen MR) is 99.1 cm³/mol. The van der Waals surface area contributed by atoms with Gasteiger partial charge in [-0.2, -0.15) is 5.10 Å². The van der Waals surface area contributed by atoms with Gasteiger partial charge in [-0.15, -0.1) is 0 Å². The van der Waals surface area contributed by atoms with Crippen molar-refractivity contribution in [2.75, 3.05) is 7.11 Å². The number of pyridine rings is 1. The lowest BCUT2D eigenvalue weighted by Gasteiger charge is -2.34. The molecule has 1 saturated carbocycles. The Bertz CT molecular complexity index is 1180. The molecule has 7 heteroatoms. The van der Waals surface area contributed by atoms with E-state index in [1.54, 1.807) is 11.8 Å². The van der Waals surface area contributed by atoms with E-state index in [0.717, 1.165) is 40.3 Å². The monoisotopic (exact) mass is 349 g/mol. The Balaban J connectivity index is 1.74. The molecule has 3 aromatic heterocycles. The molecule has 3 heterocycles. The number of imidazole rings is 1. The molecule has 0 spiro atoms. The smallest absolute Gasteiger partial charge is 0.327 e. The summed E-state index contributed by atoms with van der Waals surface area (Å²) < 4.78 is 9.02. The Morgan fingerprint density at radius 2 is 2.08 bits per heavy atom. The highest BCUT2D eigenvalue weighted by atomic mass is 16.5. The average molecular weight is 349 g/mol. The highest BCUT2D eigenvalue weighted by Crippen LogP contribution is 2.37. The second-order valence-corrected chi connectivity index (χ2v) is 6.94. The van der Waals surface area contributed by atoms with E-state index in [0.29, 0.717) is 5.65 Å². The lowest BCUT2D eigenvalue weighted by Crippen LogP contribution is -2.36. The lowest BCUT2D eigenvalue weighted by atomic mass is 9.89. The molecular formula is C19H19N5O2. The number of nitrogens with one attached hydrogen (secondary N) is 1. The first-order chi connectivity index (χ1) is 12.6. The SMILES string of the molecule is COC1CC(n2c(=O)[nH]c3ncc4ccc(-c5cnn(C)c5)cc4c32)C1. The molecule has 1 N–H and O–H groups in total. The zero-order valence-electron chi connectivity index (χ0n) is 14.6. The number of methoxy groups -OCH3 is 1. The highest BCUT2D eigenvalue weighted by molar-refractivity contribution is 6.04. The Morgan fingerprint density at radius 3 is 2.81 bits per heavy atom. The number of rotatable bonds is 3. The van der Waals surface area contributed by atoms with E-state index >= 15 is 0 Å². The summed E-state index contributed by atoms with van der Waals surface area (Å²) in [4.78, 5) is 19.9. The van der Waals surface area contributed by atoms with Crippen LogP contribution < -0.4 is 5.69 Å². The van der Waals surface area contributed by atoms with Crippen LogP contribution in [0.15, 0.2) is 41.6 Å². The van der Waals surface area contributed by atoms with Crippen LogP contribution in [0.25, 0.3) is 33.1 Å². The minimum absolute atomic E-state index is 0.105. The first-order valence-electron chi connectivity index (χ1n) is 8.69. The third kappa shape index (κ3) is 2.20. The van der Waals surface area contributed by atoms with Crippen LogP contribution in [0.1, 0.15) is 18.9 Å². The lowest BCUT2D eigenvalue weighted by molar-refractivity contribution is 0.00653. The van der Waals surface area contributed by atoms with Crippen molar-refractivity contribution in [2.24, 2.45) is 7.05 Å². The van der Waals surface area contributed by atoms with Gasteiger partial charge in [0.2, 0.25) is 0 Å². The number of ether oxygens (including phenoxy) is 1. The number of H-pyrrole nitrogens is 1. The molecule has 0 bridgehead atoms. The molecule has 0 unspecified atom stereocenters. The van der Waals surface area contributed by atoms with Crippen LogP contribution in [0, 0.1) is 0 Å². The van der Waals surface area contributed by atoms with Gasteiger partial charge in [0.25, 0.3) is 0 Å². The third-order valence-corrected chi connectivity index (χ3v) is 5.36. The van der Waals surface area contributed by atoms with Crippen molar-refractivity contribution in [3.63, 3.8) is 0 Å². The Labute approximate surface area is 149 Å². The maximum absolute atomic E-state index is 12.6. The van der Waals surface area contributed by atoms with Crippen molar-refractivity contribution < 1.29 is 4.74 Å². The minimum Gasteiger partial charge on any atom is -0.381 e. The van der Waals surface area contributed by atoms with Gasteiger partial charge in [0.1, 0.15) is 0 Å². The van der Waals surface area contributed by atoms with Gasteiger partial charge < -0.3 is 4.74 Å². The van der Waals surface area contributed by atoms with E-state index in [2.05, 4.69) is 27.2 Å². The van der Waals surface area contributed by atoms with Crippen LogP contribution in [-0.2, 0) is 11.8 Å². The van der Waals surface area contributed by atoms with E-state index in [1.165, 1.54) is 0 Å². The van der Waals surface area contributed by atoms with Gasteiger partial charge in [-0.3, -0.25) is 14.2 Å². The molecule has 0 atom stereocenters. The fourth-order valence-electron chi connectivity index (χ4n) is 3.83. The third-order valence-electron chi connectivity index (χ3n) is 5.36. The molecule has 1 aliphatic rings. The zero-order chi connectivity index (χ0) is 17.8. The second kappa shape index (κ2) is 5.54. The molecule has 0 amide bonds. The average Bonchev–Trinajstić information content (AvgIpc) is 3.17. The number of fused-ring (bicyclic) bond motifs is 3. The van der Waals surface area contributed by atoms with Gasteiger partial charge in [-0.25, -0.2) is 9.78 Å². The molecular weight excluding hydrogens is 330 g/mol. The fraction of sp³-hybridized carbons (Fsp3) is 0.316.